The number of fused-ring (bicyclic) bond motifs is 1. The van der Waals surface area contributed by atoms with Gasteiger partial charge in [0.2, 0.25) is 5.91 Å². The molecule has 102 valence electrons. The zero-order valence-corrected chi connectivity index (χ0v) is 12.4. The van der Waals surface area contributed by atoms with Gasteiger partial charge in [0, 0.05) is 33.1 Å². The molecule has 3 rings (SSSR count). The van der Waals surface area contributed by atoms with E-state index in [1.807, 2.05) is 42.5 Å². The van der Waals surface area contributed by atoms with Crippen molar-refractivity contribution in [3.8, 4) is 0 Å². The van der Waals surface area contributed by atoms with Gasteiger partial charge < -0.3 is 10.6 Å². The number of carbonyl (C=O) groups excluding carboxylic acids is 1. The van der Waals surface area contributed by atoms with Gasteiger partial charge in [-0.05, 0) is 30.3 Å². The summed E-state index contributed by atoms with van der Waals surface area (Å²) in [6.45, 7) is 0. The standard InChI is InChI=1S/C15H13ClN2OS/c1-18-13-8-11(5-6-12(13)14(17)15(18)19)20-10-4-2-3-9(16)7-10/h2-8,14H,17H2,1H3. The van der Waals surface area contributed by atoms with Crippen LogP contribution in [0.2, 0.25) is 5.02 Å². The molecule has 0 fully saturated rings. The maximum absolute atomic E-state index is 11.9. The van der Waals surface area contributed by atoms with Gasteiger partial charge in [0.1, 0.15) is 6.04 Å². The van der Waals surface area contributed by atoms with E-state index in [0.717, 1.165) is 21.0 Å². The number of carbonyl (C=O) groups is 1. The lowest BCUT2D eigenvalue weighted by Crippen LogP contribution is -2.27. The van der Waals surface area contributed by atoms with Crippen molar-refractivity contribution in [1.82, 2.24) is 0 Å². The molecule has 0 radical (unpaired) electrons. The molecule has 5 heteroatoms. The number of rotatable bonds is 2. The third-order valence-electron chi connectivity index (χ3n) is 3.33. The molecule has 1 aliphatic heterocycles. The number of hydrogen-bond acceptors (Lipinski definition) is 3. The van der Waals surface area contributed by atoms with Crippen LogP contribution in [-0.4, -0.2) is 13.0 Å². The molecule has 0 saturated heterocycles. The number of likely N-dealkylation sites (N-methyl/N-ethyl adjacent to an activating group) is 1. The largest absolute Gasteiger partial charge is 0.316 e. The normalized spacial score (nSPS) is 17.4. The van der Waals surface area contributed by atoms with Crippen LogP contribution in [0.1, 0.15) is 11.6 Å². The van der Waals surface area contributed by atoms with Gasteiger partial charge in [-0.15, -0.1) is 0 Å². The lowest BCUT2D eigenvalue weighted by Gasteiger charge is -2.11. The summed E-state index contributed by atoms with van der Waals surface area (Å²) in [6.07, 6.45) is 0. The van der Waals surface area contributed by atoms with Crippen LogP contribution in [0.4, 0.5) is 5.69 Å². The summed E-state index contributed by atoms with van der Waals surface area (Å²) in [4.78, 5) is 15.6. The Morgan fingerprint density at radius 3 is 2.70 bits per heavy atom. The van der Waals surface area contributed by atoms with Crippen LogP contribution >= 0.6 is 23.4 Å². The predicted molar refractivity (Wildman–Crippen MR) is 82.4 cm³/mol. The zero-order chi connectivity index (χ0) is 14.3. The van der Waals surface area contributed by atoms with Gasteiger partial charge in [0.25, 0.3) is 0 Å². The third-order valence-corrected chi connectivity index (χ3v) is 4.54. The molecule has 1 unspecified atom stereocenters. The highest BCUT2D eigenvalue weighted by atomic mass is 35.5. The maximum atomic E-state index is 11.9. The summed E-state index contributed by atoms with van der Waals surface area (Å²) in [5.41, 5.74) is 7.65. The molecule has 0 aliphatic carbocycles. The molecule has 1 aliphatic rings. The first-order chi connectivity index (χ1) is 9.56. The second-order valence-electron chi connectivity index (χ2n) is 4.65. The Morgan fingerprint density at radius 2 is 1.95 bits per heavy atom. The zero-order valence-electron chi connectivity index (χ0n) is 10.8. The summed E-state index contributed by atoms with van der Waals surface area (Å²) in [5, 5.41) is 0.713. The predicted octanol–water partition coefficient (Wildman–Crippen LogP) is 3.47. The summed E-state index contributed by atoms with van der Waals surface area (Å²) < 4.78 is 0. The Balaban J connectivity index is 1.92. The second kappa shape index (κ2) is 5.13. The average Bonchev–Trinajstić information content (AvgIpc) is 2.64. The number of anilines is 1. The van der Waals surface area contributed by atoms with Gasteiger partial charge in [-0.1, -0.05) is 35.5 Å². The van der Waals surface area contributed by atoms with Crippen molar-refractivity contribution in [3.63, 3.8) is 0 Å². The van der Waals surface area contributed by atoms with E-state index in [1.165, 1.54) is 0 Å². The van der Waals surface area contributed by atoms with E-state index in [-0.39, 0.29) is 5.91 Å². The quantitative estimate of drug-likeness (QED) is 0.924. The van der Waals surface area contributed by atoms with E-state index < -0.39 is 6.04 Å². The number of benzene rings is 2. The molecule has 20 heavy (non-hydrogen) atoms. The number of amides is 1. The summed E-state index contributed by atoms with van der Waals surface area (Å²) in [7, 11) is 1.75. The van der Waals surface area contributed by atoms with Crippen LogP contribution in [0.25, 0.3) is 0 Å². The molecule has 0 bridgehead atoms. The highest BCUT2D eigenvalue weighted by Gasteiger charge is 2.32. The smallest absolute Gasteiger partial charge is 0.248 e. The van der Waals surface area contributed by atoms with Crippen molar-refractivity contribution in [2.75, 3.05) is 11.9 Å². The first-order valence-corrected chi connectivity index (χ1v) is 7.36. The monoisotopic (exact) mass is 304 g/mol. The fourth-order valence-corrected chi connectivity index (χ4v) is 3.43. The number of hydrogen-bond donors (Lipinski definition) is 1. The second-order valence-corrected chi connectivity index (χ2v) is 6.24. The lowest BCUT2D eigenvalue weighted by molar-refractivity contribution is -0.118. The van der Waals surface area contributed by atoms with Crippen LogP contribution in [0.5, 0.6) is 0 Å². The molecule has 1 amide bonds. The minimum atomic E-state index is -0.541. The van der Waals surface area contributed by atoms with Gasteiger partial charge in [0.15, 0.2) is 0 Å². The van der Waals surface area contributed by atoms with Gasteiger partial charge in [-0.25, -0.2) is 0 Å². The Bertz CT molecular complexity index is 689. The van der Waals surface area contributed by atoms with E-state index in [0.29, 0.717) is 5.02 Å². The lowest BCUT2D eigenvalue weighted by atomic mass is 10.1. The number of nitrogens with two attached hydrogens (primary N) is 1. The molecular weight excluding hydrogens is 292 g/mol. The van der Waals surface area contributed by atoms with Crippen molar-refractivity contribution in [1.29, 1.82) is 0 Å². The highest BCUT2D eigenvalue weighted by molar-refractivity contribution is 7.99. The van der Waals surface area contributed by atoms with E-state index >= 15 is 0 Å². The minimum Gasteiger partial charge on any atom is -0.316 e. The summed E-state index contributed by atoms with van der Waals surface area (Å²) in [6, 6.07) is 13.0. The molecule has 0 saturated carbocycles. The first-order valence-electron chi connectivity index (χ1n) is 6.17. The van der Waals surface area contributed by atoms with Gasteiger partial charge >= 0.3 is 0 Å². The van der Waals surface area contributed by atoms with E-state index in [4.69, 9.17) is 17.3 Å². The Hall–Kier alpha value is -1.49. The van der Waals surface area contributed by atoms with Gasteiger partial charge in [0.05, 0.1) is 0 Å². The fourth-order valence-electron chi connectivity index (χ4n) is 2.27. The molecule has 2 N–H and O–H groups in total. The minimum absolute atomic E-state index is 0.0649. The van der Waals surface area contributed by atoms with Crippen molar-refractivity contribution < 1.29 is 4.79 Å². The third kappa shape index (κ3) is 2.30. The Morgan fingerprint density at radius 1 is 1.20 bits per heavy atom. The molecule has 0 spiro atoms. The maximum Gasteiger partial charge on any atom is 0.248 e. The van der Waals surface area contributed by atoms with Crippen LogP contribution in [0, 0.1) is 0 Å². The van der Waals surface area contributed by atoms with Crippen LogP contribution < -0.4 is 10.6 Å². The molecule has 2 aromatic rings. The van der Waals surface area contributed by atoms with Crippen LogP contribution in [-0.2, 0) is 4.79 Å². The Labute approximate surface area is 126 Å². The van der Waals surface area contributed by atoms with Gasteiger partial charge in [-0.2, -0.15) is 0 Å². The first kappa shape index (κ1) is 13.5. The molecule has 1 atom stereocenters. The molecule has 3 nitrogen and oxygen atoms in total. The molecule has 2 aromatic carbocycles. The van der Waals surface area contributed by atoms with Crippen LogP contribution in [0.3, 0.4) is 0 Å². The van der Waals surface area contributed by atoms with Crippen molar-refractivity contribution in [2.45, 2.75) is 15.8 Å². The van der Waals surface area contributed by atoms with Crippen LogP contribution in [0.15, 0.2) is 52.3 Å². The molecule has 1 heterocycles. The summed E-state index contributed by atoms with van der Waals surface area (Å²) in [5.74, 6) is -0.0649. The average molecular weight is 305 g/mol. The molecule has 0 aromatic heterocycles. The van der Waals surface area contributed by atoms with Gasteiger partial charge in [-0.3, -0.25) is 4.79 Å². The van der Waals surface area contributed by atoms with Crippen molar-refractivity contribution in [3.05, 3.63) is 53.1 Å². The fraction of sp³-hybridized carbons (Fsp3) is 0.133. The SMILES string of the molecule is CN1C(=O)C(N)c2ccc(Sc3cccc(Cl)c3)cc21. The van der Waals surface area contributed by atoms with E-state index in [9.17, 15) is 4.79 Å². The summed E-state index contributed by atoms with van der Waals surface area (Å²) >= 11 is 7.59. The topological polar surface area (TPSA) is 46.3 Å². The van der Waals surface area contributed by atoms with Crippen molar-refractivity contribution in [2.24, 2.45) is 5.73 Å². The number of nitrogens with zero attached hydrogens (tertiary/aromatic N) is 1. The van der Waals surface area contributed by atoms with E-state index in [2.05, 4.69) is 0 Å². The van der Waals surface area contributed by atoms with E-state index in [1.54, 1.807) is 23.7 Å². The molecular formula is C15H13ClN2OS. The number of halogens is 1. The van der Waals surface area contributed by atoms with Crippen molar-refractivity contribution >= 4 is 35.0 Å². The highest BCUT2D eigenvalue weighted by Crippen LogP contribution is 2.38. The Kier molecular flexibility index (Phi) is 3.46.